The molecule has 0 N–H and O–H groups in total. The van der Waals surface area contributed by atoms with Gasteiger partial charge in [-0.05, 0) is 116 Å². The predicted octanol–water partition coefficient (Wildman–Crippen LogP) is 22.9. The van der Waals surface area contributed by atoms with Crippen molar-refractivity contribution in [2.45, 2.75) is 303 Å². The molecule has 1 atom stereocenters. The first-order valence-corrected chi connectivity index (χ1v) is 33.2. The number of carbonyl (C=O) groups is 3. The molecule has 0 radical (unpaired) electrons. The minimum atomic E-state index is -0.803. The Balaban J connectivity index is 4.27. The lowest BCUT2D eigenvalue weighted by molar-refractivity contribution is -0.167. The molecule has 0 heterocycles. The van der Waals surface area contributed by atoms with Crippen LogP contribution in [0.3, 0.4) is 0 Å². The molecule has 80 heavy (non-hydrogen) atoms. The van der Waals surface area contributed by atoms with E-state index in [0.717, 1.165) is 122 Å². The van der Waals surface area contributed by atoms with Crippen LogP contribution < -0.4 is 0 Å². The average molecular weight is 1110 g/mol. The van der Waals surface area contributed by atoms with Crippen LogP contribution in [0.4, 0.5) is 0 Å². The van der Waals surface area contributed by atoms with Gasteiger partial charge in [-0.2, -0.15) is 0 Å². The van der Waals surface area contributed by atoms with Crippen molar-refractivity contribution in [2.24, 2.45) is 0 Å². The maximum atomic E-state index is 12.9. The van der Waals surface area contributed by atoms with E-state index in [9.17, 15) is 14.4 Å². The van der Waals surface area contributed by atoms with E-state index in [4.69, 9.17) is 14.2 Å². The van der Waals surface area contributed by atoms with Crippen LogP contribution in [-0.4, -0.2) is 37.2 Å². The van der Waals surface area contributed by atoms with Gasteiger partial charge < -0.3 is 14.2 Å². The van der Waals surface area contributed by atoms with Gasteiger partial charge in [0.1, 0.15) is 13.2 Å². The van der Waals surface area contributed by atoms with Crippen molar-refractivity contribution >= 4 is 17.9 Å². The summed E-state index contributed by atoms with van der Waals surface area (Å²) in [5, 5.41) is 0. The number of carbonyl (C=O) groups excluding carboxylic acids is 3. The molecule has 0 saturated carbocycles. The van der Waals surface area contributed by atoms with Crippen LogP contribution in [-0.2, 0) is 28.6 Å². The maximum Gasteiger partial charge on any atom is 0.306 e. The van der Waals surface area contributed by atoms with Gasteiger partial charge in [-0.15, -0.1) is 0 Å². The van der Waals surface area contributed by atoms with Gasteiger partial charge in [0.05, 0.1) is 0 Å². The van der Waals surface area contributed by atoms with Gasteiger partial charge in [0, 0.05) is 19.3 Å². The van der Waals surface area contributed by atoms with Gasteiger partial charge in [0.2, 0.25) is 0 Å². The van der Waals surface area contributed by atoms with Crippen molar-refractivity contribution < 1.29 is 28.6 Å². The second kappa shape index (κ2) is 67.1. The summed E-state index contributed by atoms with van der Waals surface area (Å²) in [6, 6.07) is 0. The molecule has 0 aromatic carbocycles. The zero-order valence-electron chi connectivity index (χ0n) is 52.0. The molecule has 454 valence electrons. The number of esters is 3. The standard InChI is InChI=1S/C74H122O6/c1-4-7-10-13-16-19-22-25-28-29-30-31-32-33-34-35-36-37-38-39-40-41-42-43-44-45-47-49-52-55-58-61-64-67-73(76)79-70-71(69-78-72(75)66-63-60-57-54-51-48-27-24-21-18-15-12-9-6-3)80-74(77)68-65-62-59-56-53-50-46-26-23-20-17-14-11-8-5-2/h7-8,10-11,16-17,19-20,25-26,28,30-31,33-34,36-37,39-40,46,53,56,71H,4-6,9,12-15,18,21-24,27,29,32,35,38,41-45,47-52,54-55,57-70H2,1-3H3/b10-7-,11-8-,19-16-,20-17-,28-25-,31-30-,34-33-,37-36-,40-39-,46-26-,56-53-. The van der Waals surface area contributed by atoms with E-state index in [1.807, 2.05) is 0 Å². The van der Waals surface area contributed by atoms with Gasteiger partial charge in [-0.3, -0.25) is 14.4 Å². The van der Waals surface area contributed by atoms with Crippen molar-refractivity contribution in [1.29, 1.82) is 0 Å². The van der Waals surface area contributed by atoms with E-state index in [0.29, 0.717) is 19.3 Å². The highest BCUT2D eigenvalue weighted by Gasteiger charge is 2.19. The van der Waals surface area contributed by atoms with Gasteiger partial charge in [0.25, 0.3) is 0 Å². The van der Waals surface area contributed by atoms with E-state index >= 15 is 0 Å². The molecule has 0 aromatic heterocycles. The molecule has 0 aliphatic heterocycles. The van der Waals surface area contributed by atoms with Gasteiger partial charge >= 0.3 is 17.9 Å². The summed E-state index contributed by atoms with van der Waals surface area (Å²) in [6.45, 7) is 6.39. The van der Waals surface area contributed by atoms with Crippen molar-refractivity contribution in [3.8, 4) is 0 Å². The molecular formula is C74H122O6. The van der Waals surface area contributed by atoms with Crippen LogP contribution in [0, 0.1) is 0 Å². The Labute approximate surface area is 494 Å². The molecule has 0 aromatic rings. The molecular weight excluding hydrogens is 985 g/mol. The Bertz CT molecular complexity index is 1700. The molecule has 0 aliphatic carbocycles. The lowest BCUT2D eigenvalue weighted by atomic mass is 10.0. The number of unbranched alkanes of at least 4 members (excludes halogenated alkanes) is 26. The zero-order valence-corrected chi connectivity index (χ0v) is 52.0. The minimum absolute atomic E-state index is 0.0952. The summed E-state index contributed by atoms with van der Waals surface area (Å²) < 4.78 is 16.9. The highest BCUT2D eigenvalue weighted by Crippen LogP contribution is 2.16. The van der Waals surface area contributed by atoms with E-state index in [1.165, 1.54) is 128 Å². The van der Waals surface area contributed by atoms with E-state index in [2.05, 4.69) is 154 Å². The number of hydrogen-bond donors (Lipinski definition) is 0. The summed E-state index contributed by atoms with van der Waals surface area (Å²) in [5.74, 6) is -0.935. The number of hydrogen-bond acceptors (Lipinski definition) is 6. The quantitative estimate of drug-likeness (QED) is 0.0261. The fourth-order valence-corrected chi connectivity index (χ4v) is 9.00. The monoisotopic (exact) mass is 1110 g/mol. The summed E-state index contributed by atoms with van der Waals surface area (Å²) >= 11 is 0. The third-order valence-corrected chi connectivity index (χ3v) is 13.9. The lowest BCUT2D eigenvalue weighted by Gasteiger charge is -2.18. The highest BCUT2D eigenvalue weighted by atomic mass is 16.6. The van der Waals surface area contributed by atoms with Crippen molar-refractivity contribution in [3.63, 3.8) is 0 Å². The second-order valence-corrected chi connectivity index (χ2v) is 21.6. The zero-order chi connectivity index (χ0) is 57.8. The molecule has 6 nitrogen and oxygen atoms in total. The fraction of sp³-hybridized carbons (Fsp3) is 0.662. The molecule has 0 spiro atoms. The molecule has 0 bridgehead atoms. The Morgan fingerprint density at radius 3 is 0.787 bits per heavy atom. The largest absolute Gasteiger partial charge is 0.462 e. The average Bonchev–Trinajstić information content (AvgIpc) is 3.46. The van der Waals surface area contributed by atoms with Gasteiger partial charge in [0.15, 0.2) is 6.10 Å². The van der Waals surface area contributed by atoms with Crippen LogP contribution in [0.15, 0.2) is 134 Å². The van der Waals surface area contributed by atoms with E-state index in [1.54, 1.807) is 0 Å². The second-order valence-electron chi connectivity index (χ2n) is 21.6. The Kier molecular flexibility index (Phi) is 63.3. The first-order chi connectivity index (χ1) is 39.5. The van der Waals surface area contributed by atoms with Gasteiger partial charge in [-0.25, -0.2) is 0 Å². The topological polar surface area (TPSA) is 78.9 Å². The number of allylic oxidation sites excluding steroid dienone is 22. The molecule has 1 unspecified atom stereocenters. The van der Waals surface area contributed by atoms with Crippen molar-refractivity contribution in [2.75, 3.05) is 13.2 Å². The number of rotatable bonds is 59. The lowest BCUT2D eigenvalue weighted by Crippen LogP contribution is -2.30. The predicted molar refractivity (Wildman–Crippen MR) is 348 cm³/mol. The SMILES string of the molecule is CC/C=C\C/C=C\C/C=C\C/C=C\C/C=C\C/C=C\C/C=C\CCCCCCCCCCCCCC(=O)OCC(COC(=O)CCCCCCCCCCCCCCCC)OC(=O)CCCC/C=C\C/C=C\C/C=C\C/C=C\CC. The first kappa shape index (κ1) is 75.5. The van der Waals surface area contributed by atoms with Gasteiger partial charge in [-0.1, -0.05) is 296 Å². The summed E-state index contributed by atoms with van der Waals surface area (Å²) in [6.07, 6.45) is 94.7. The van der Waals surface area contributed by atoms with Crippen LogP contribution in [0.5, 0.6) is 0 Å². The summed E-state index contributed by atoms with van der Waals surface area (Å²) in [4.78, 5) is 38.3. The smallest absolute Gasteiger partial charge is 0.306 e. The Morgan fingerprint density at radius 1 is 0.263 bits per heavy atom. The maximum absolute atomic E-state index is 12.9. The summed E-state index contributed by atoms with van der Waals surface area (Å²) in [7, 11) is 0. The van der Waals surface area contributed by atoms with E-state index in [-0.39, 0.29) is 37.5 Å². The third kappa shape index (κ3) is 64.4. The van der Waals surface area contributed by atoms with Crippen molar-refractivity contribution in [3.05, 3.63) is 134 Å². The van der Waals surface area contributed by atoms with E-state index < -0.39 is 6.10 Å². The molecule has 0 rings (SSSR count). The Hall–Kier alpha value is -4.45. The molecule has 0 amide bonds. The molecule has 6 heteroatoms. The molecule has 0 saturated heterocycles. The summed E-state index contributed by atoms with van der Waals surface area (Å²) in [5.41, 5.74) is 0. The van der Waals surface area contributed by atoms with Crippen LogP contribution in [0.2, 0.25) is 0 Å². The molecule has 0 fully saturated rings. The number of ether oxygens (including phenoxy) is 3. The third-order valence-electron chi connectivity index (χ3n) is 13.9. The fourth-order valence-electron chi connectivity index (χ4n) is 9.00. The molecule has 0 aliphatic rings. The van der Waals surface area contributed by atoms with Crippen LogP contribution in [0.1, 0.15) is 297 Å². The van der Waals surface area contributed by atoms with Crippen molar-refractivity contribution in [1.82, 2.24) is 0 Å². The Morgan fingerprint density at radius 2 is 0.487 bits per heavy atom. The highest BCUT2D eigenvalue weighted by molar-refractivity contribution is 5.71. The van der Waals surface area contributed by atoms with Crippen LogP contribution >= 0.6 is 0 Å². The first-order valence-electron chi connectivity index (χ1n) is 33.2. The van der Waals surface area contributed by atoms with Crippen LogP contribution in [0.25, 0.3) is 0 Å². The minimum Gasteiger partial charge on any atom is -0.462 e. The normalized spacial score (nSPS) is 13.0.